The van der Waals surface area contributed by atoms with Crippen molar-refractivity contribution in [2.24, 2.45) is 0 Å². The van der Waals surface area contributed by atoms with Gasteiger partial charge in [0.15, 0.2) is 0 Å². The predicted molar refractivity (Wildman–Crippen MR) is 118 cm³/mol. The number of nitrogens with zero attached hydrogens (tertiary/aromatic N) is 5. The number of thiazole rings is 1. The molecular weight excluding hydrogens is 402 g/mol. The van der Waals surface area contributed by atoms with Gasteiger partial charge in [-0.25, -0.2) is 4.98 Å². The third-order valence-corrected chi connectivity index (χ3v) is 6.36. The van der Waals surface area contributed by atoms with Gasteiger partial charge in [0.05, 0.1) is 28.2 Å². The molecular formula is C21H23N5O3S. The van der Waals surface area contributed by atoms with Crippen LogP contribution in [0.4, 0.5) is 11.4 Å². The number of hydrogen-bond acceptors (Lipinski definition) is 7. The molecule has 3 aromatic rings. The molecule has 2 heterocycles. The second kappa shape index (κ2) is 8.86. The molecule has 4 rings (SSSR count). The number of nitro groups is 1. The predicted octanol–water partition coefficient (Wildman–Crippen LogP) is 2.99. The minimum atomic E-state index is -0.445. The van der Waals surface area contributed by atoms with Gasteiger partial charge in [-0.2, -0.15) is 0 Å². The van der Waals surface area contributed by atoms with Crippen LogP contribution in [0.2, 0.25) is 0 Å². The zero-order chi connectivity index (χ0) is 21.1. The van der Waals surface area contributed by atoms with Crippen LogP contribution >= 0.6 is 11.3 Å². The summed E-state index contributed by atoms with van der Waals surface area (Å²) in [6.45, 7) is 4.61. The van der Waals surface area contributed by atoms with Crippen LogP contribution in [0, 0.1) is 10.1 Å². The fourth-order valence-corrected chi connectivity index (χ4v) is 4.53. The Balaban J connectivity index is 1.27. The summed E-state index contributed by atoms with van der Waals surface area (Å²) < 4.78 is 1.21. The maximum Gasteiger partial charge on any atom is 0.269 e. The number of benzene rings is 2. The normalized spacial score (nSPS) is 15.4. The molecule has 30 heavy (non-hydrogen) atoms. The van der Waals surface area contributed by atoms with Crippen molar-refractivity contribution in [1.29, 1.82) is 0 Å². The number of nitro benzene ring substituents is 1. The fourth-order valence-electron chi connectivity index (χ4n) is 3.52. The smallest absolute Gasteiger partial charge is 0.269 e. The van der Waals surface area contributed by atoms with Crippen molar-refractivity contribution in [2.75, 3.05) is 44.7 Å². The van der Waals surface area contributed by atoms with Gasteiger partial charge >= 0.3 is 0 Å². The van der Waals surface area contributed by atoms with Gasteiger partial charge in [0.2, 0.25) is 5.91 Å². The van der Waals surface area contributed by atoms with Crippen molar-refractivity contribution >= 4 is 38.8 Å². The first kappa shape index (κ1) is 20.4. The van der Waals surface area contributed by atoms with Gasteiger partial charge in [-0.05, 0) is 24.3 Å². The van der Waals surface area contributed by atoms with Crippen LogP contribution < -0.4 is 4.90 Å². The van der Waals surface area contributed by atoms with Crippen molar-refractivity contribution in [2.45, 2.75) is 6.54 Å². The maximum atomic E-state index is 12.6. The quantitative estimate of drug-likeness (QED) is 0.446. The van der Waals surface area contributed by atoms with E-state index in [1.807, 2.05) is 18.2 Å². The minimum Gasteiger partial charge on any atom is -0.314 e. The summed E-state index contributed by atoms with van der Waals surface area (Å²) in [5.74, 6) is -0.0246. The average Bonchev–Trinajstić information content (AvgIpc) is 3.17. The second-order valence-corrected chi connectivity index (χ2v) is 8.47. The van der Waals surface area contributed by atoms with Gasteiger partial charge in [0, 0.05) is 51.0 Å². The molecule has 0 bridgehead atoms. The highest BCUT2D eigenvalue weighted by Crippen LogP contribution is 2.23. The molecule has 1 amide bonds. The topological polar surface area (TPSA) is 82.8 Å². The van der Waals surface area contributed by atoms with E-state index < -0.39 is 4.92 Å². The summed E-state index contributed by atoms with van der Waals surface area (Å²) in [5.41, 5.74) is 1.72. The molecule has 9 heteroatoms. The Bertz CT molecular complexity index is 1010. The first-order valence-electron chi connectivity index (χ1n) is 9.80. The highest BCUT2D eigenvalue weighted by Gasteiger charge is 2.22. The molecule has 1 aliphatic rings. The van der Waals surface area contributed by atoms with Crippen molar-refractivity contribution in [3.8, 4) is 0 Å². The molecule has 156 valence electrons. The molecule has 1 fully saturated rings. The number of anilines is 1. The molecule has 1 aliphatic heterocycles. The zero-order valence-corrected chi connectivity index (χ0v) is 17.5. The Hall–Kier alpha value is -2.88. The van der Waals surface area contributed by atoms with Gasteiger partial charge in [-0.1, -0.05) is 12.1 Å². The number of likely N-dealkylation sites (N-methyl/N-ethyl adjacent to an activating group) is 1. The van der Waals surface area contributed by atoms with Gasteiger partial charge in [0.25, 0.3) is 5.69 Å². The number of carbonyl (C=O) groups excluding carboxylic acids is 1. The number of para-hydroxylation sites is 1. The van der Waals surface area contributed by atoms with E-state index in [2.05, 4.69) is 15.9 Å². The number of rotatable bonds is 6. The van der Waals surface area contributed by atoms with Crippen LogP contribution in [0.1, 0.15) is 5.01 Å². The van der Waals surface area contributed by atoms with E-state index in [4.69, 9.17) is 4.98 Å². The number of fused-ring (bicyclic) bond motifs is 1. The molecule has 0 aliphatic carbocycles. The van der Waals surface area contributed by atoms with Crippen molar-refractivity contribution < 1.29 is 9.72 Å². The number of piperazine rings is 1. The number of amides is 1. The maximum absolute atomic E-state index is 12.6. The molecule has 0 saturated carbocycles. The van der Waals surface area contributed by atoms with Crippen LogP contribution in [0.3, 0.4) is 0 Å². The monoisotopic (exact) mass is 425 g/mol. The molecule has 0 N–H and O–H groups in total. The van der Waals surface area contributed by atoms with Crippen molar-refractivity contribution in [3.05, 3.63) is 63.7 Å². The molecule has 1 aromatic heterocycles. The Morgan fingerprint density at radius 2 is 1.77 bits per heavy atom. The molecule has 0 spiro atoms. The largest absolute Gasteiger partial charge is 0.314 e. The summed E-state index contributed by atoms with van der Waals surface area (Å²) in [6.07, 6.45) is 0. The van der Waals surface area contributed by atoms with E-state index in [1.54, 1.807) is 35.4 Å². The van der Waals surface area contributed by atoms with Gasteiger partial charge < -0.3 is 4.90 Å². The van der Waals surface area contributed by atoms with E-state index in [0.717, 1.165) is 43.2 Å². The molecule has 0 atom stereocenters. The van der Waals surface area contributed by atoms with Gasteiger partial charge in [0.1, 0.15) is 5.01 Å². The highest BCUT2D eigenvalue weighted by atomic mass is 32.1. The molecule has 1 saturated heterocycles. The third-order valence-electron chi connectivity index (χ3n) is 5.34. The highest BCUT2D eigenvalue weighted by molar-refractivity contribution is 7.18. The lowest BCUT2D eigenvalue weighted by atomic mass is 10.2. The molecule has 2 aromatic carbocycles. The van der Waals surface area contributed by atoms with E-state index >= 15 is 0 Å². The minimum absolute atomic E-state index is 0.0175. The molecule has 8 nitrogen and oxygen atoms in total. The van der Waals surface area contributed by atoms with E-state index in [0.29, 0.717) is 12.2 Å². The summed E-state index contributed by atoms with van der Waals surface area (Å²) in [5, 5.41) is 11.9. The number of aromatic nitrogens is 1. The Kier molecular flexibility index (Phi) is 6.03. The molecule has 0 unspecified atom stereocenters. The first-order valence-corrected chi connectivity index (χ1v) is 10.6. The van der Waals surface area contributed by atoms with Gasteiger partial charge in [-0.15, -0.1) is 11.3 Å². The lowest BCUT2D eigenvalue weighted by Gasteiger charge is -2.34. The van der Waals surface area contributed by atoms with E-state index in [1.165, 1.54) is 16.8 Å². The van der Waals surface area contributed by atoms with Crippen LogP contribution in [0.15, 0.2) is 48.5 Å². The fraction of sp³-hybridized carbons (Fsp3) is 0.333. The van der Waals surface area contributed by atoms with Crippen LogP contribution in [0.25, 0.3) is 10.2 Å². The van der Waals surface area contributed by atoms with Crippen molar-refractivity contribution in [1.82, 2.24) is 14.8 Å². The number of non-ortho nitro benzene ring substituents is 1. The summed E-state index contributed by atoms with van der Waals surface area (Å²) in [6, 6.07) is 14.2. The lowest BCUT2D eigenvalue weighted by molar-refractivity contribution is -0.384. The standard InChI is InChI=1S/C21H23N5O3S/c1-23(16-6-8-17(9-7-16)26(28)29)21(27)15-25-12-10-24(11-13-25)14-20-22-18-4-2-3-5-19(18)30-20/h2-9H,10-15H2,1H3. The SMILES string of the molecule is CN(C(=O)CN1CCN(Cc2nc3ccccc3s2)CC1)c1ccc([N+](=O)[O-])cc1. The summed E-state index contributed by atoms with van der Waals surface area (Å²) >= 11 is 1.74. The summed E-state index contributed by atoms with van der Waals surface area (Å²) in [4.78, 5) is 33.7. The zero-order valence-electron chi connectivity index (χ0n) is 16.7. The van der Waals surface area contributed by atoms with E-state index in [-0.39, 0.29) is 11.6 Å². The average molecular weight is 426 g/mol. The van der Waals surface area contributed by atoms with Crippen molar-refractivity contribution in [3.63, 3.8) is 0 Å². The van der Waals surface area contributed by atoms with Crippen LogP contribution in [0.5, 0.6) is 0 Å². The van der Waals surface area contributed by atoms with Crippen LogP contribution in [-0.4, -0.2) is 65.4 Å². The molecule has 0 radical (unpaired) electrons. The summed E-state index contributed by atoms with van der Waals surface area (Å²) in [7, 11) is 1.70. The number of hydrogen-bond donors (Lipinski definition) is 0. The first-order chi connectivity index (χ1) is 14.5. The van der Waals surface area contributed by atoms with Gasteiger partial charge in [-0.3, -0.25) is 24.7 Å². The van der Waals surface area contributed by atoms with E-state index in [9.17, 15) is 14.9 Å². The third kappa shape index (κ3) is 4.64. The Labute approximate surface area is 178 Å². The van der Waals surface area contributed by atoms with Crippen LogP contribution in [-0.2, 0) is 11.3 Å². The Morgan fingerprint density at radius 3 is 2.43 bits per heavy atom. The number of carbonyl (C=O) groups is 1. The second-order valence-electron chi connectivity index (χ2n) is 7.35. The Morgan fingerprint density at radius 1 is 1.10 bits per heavy atom. The lowest BCUT2D eigenvalue weighted by Crippen LogP contribution is -2.49.